The van der Waals surface area contributed by atoms with Crippen molar-refractivity contribution in [3.05, 3.63) is 195 Å². The smallest absolute Gasteiger partial charge is 0.223 e. The van der Waals surface area contributed by atoms with Crippen molar-refractivity contribution in [3.63, 3.8) is 0 Å². The summed E-state index contributed by atoms with van der Waals surface area (Å²) in [7, 11) is 1.96. The van der Waals surface area contributed by atoms with E-state index >= 15 is 0 Å². The second-order valence-electron chi connectivity index (χ2n) is 16.7. The summed E-state index contributed by atoms with van der Waals surface area (Å²) in [5.74, 6) is 7.15. The van der Waals surface area contributed by atoms with Crippen LogP contribution in [0.15, 0.2) is 107 Å². The Morgan fingerprint density at radius 3 is 1.14 bits per heavy atom. The fourth-order valence-corrected chi connectivity index (χ4v) is 4.85. The Morgan fingerprint density at radius 1 is 0.392 bits per heavy atom. The van der Waals surface area contributed by atoms with Crippen LogP contribution in [0.25, 0.3) is 0 Å². The Morgan fingerprint density at radius 2 is 0.946 bits per heavy atom. The first-order valence-electron chi connectivity index (χ1n) is 23.4. The van der Waals surface area contributed by atoms with Gasteiger partial charge in [-0.3, -0.25) is 15.0 Å². The van der Waals surface area contributed by atoms with Crippen LogP contribution >= 0.6 is 0 Å². The summed E-state index contributed by atoms with van der Waals surface area (Å²) < 4.78 is 30.6. The number of aryl methyl sites for hydroxylation is 20. The third-order valence-electron chi connectivity index (χ3n) is 8.69. The lowest BCUT2D eigenvalue weighted by Crippen LogP contribution is -1.84. The van der Waals surface area contributed by atoms with Gasteiger partial charge in [-0.1, -0.05) is 26.7 Å². The van der Waals surface area contributed by atoms with Gasteiger partial charge in [0.05, 0.1) is 52.4 Å². The lowest BCUT2D eigenvalue weighted by Gasteiger charge is -1.89. The molecule has 10 aromatic heterocycles. The van der Waals surface area contributed by atoms with Crippen molar-refractivity contribution < 1.29 is 26.9 Å². The van der Waals surface area contributed by atoms with Crippen LogP contribution in [-0.2, 0) is 7.05 Å². The molecule has 20 nitrogen and oxygen atoms in total. The maximum atomic E-state index is 4.97. The van der Waals surface area contributed by atoms with Gasteiger partial charge in [0.2, 0.25) is 5.89 Å². The quantitative estimate of drug-likeness (QED) is 0.137. The first-order valence-corrected chi connectivity index (χ1v) is 23.4. The molecule has 0 amide bonds. The largest absolute Gasteiger partial charge is 0.449 e. The van der Waals surface area contributed by atoms with E-state index in [1.807, 2.05) is 179 Å². The molecule has 0 bridgehead atoms. The van der Waals surface area contributed by atoms with Gasteiger partial charge in [-0.15, -0.1) is 0 Å². The molecule has 398 valence electrons. The molecule has 0 saturated carbocycles. The van der Waals surface area contributed by atoms with Crippen molar-refractivity contribution in [2.45, 2.75) is 138 Å². The van der Waals surface area contributed by atoms with Gasteiger partial charge in [0.1, 0.15) is 35.1 Å². The van der Waals surface area contributed by atoms with Crippen LogP contribution in [0.4, 0.5) is 0 Å². The van der Waals surface area contributed by atoms with E-state index in [9.17, 15) is 0 Å². The van der Waals surface area contributed by atoms with E-state index in [4.69, 9.17) is 22.4 Å². The maximum absolute atomic E-state index is 4.97. The molecule has 0 atom stereocenters. The van der Waals surface area contributed by atoms with E-state index in [1.54, 1.807) is 45.0 Å². The van der Waals surface area contributed by atoms with Crippen molar-refractivity contribution >= 4 is 0 Å². The number of imidazole rings is 1. The van der Waals surface area contributed by atoms with Crippen molar-refractivity contribution in [2.24, 2.45) is 7.05 Å². The summed E-state index contributed by atoms with van der Waals surface area (Å²) in [5, 5.41) is 14.6. The standard InChI is InChI=1S/C7H9N.2C6H8N2.C6H9NO.C5H8N2.4C5H7NO.C4H6N2O/c1-6-3-4-7(2)8-5-6;1-5-3-8-6(2)4-7-5;1-5-3-7-6(2)8-4-5;1-4-5(2)7-8-6(4)3;1-5-3-7(2)4-6-5;1-4-3-7-5(2)6-4;1-4-3-6-5(2)7-4;2*1-4-3-5(2)7-6-4;1-3-5-4(2)7-6-3/h3-5H,1-2H3;2*3-4H,1-2H3;1-3H3;3-4H,1-2H3;4*3H,1-2H3;1-2H3. The Bertz CT molecular complexity index is 2390. The van der Waals surface area contributed by atoms with E-state index < -0.39 is 0 Å². The lowest BCUT2D eigenvalue weighted by atomic mass is 10.2. The number of aromatic nitrogens is 14. The van der Waals surface area contributed by atoms with Gasteiger partial charge in [-0.05, 0) is 135 Å². The molecule has 0 aromatic carbocycles. The highest BCUT2D eigenvalue weighted by Gasteiger charge is 2.00. The first-order chi connectivity index (χ1) is 34.8. The average molecular weight is 1020 g/mol. The SMILES string of the molecule is Cc1cc(C)on1.Cc1cc(C)on1.Cc1ccc(C)nc1.Cc1cn(C)cn1.Cc1cnc(C)cn1.Cc1cnc(C)nc1.Cc1cnc(C)o1.Cc1coc(C)n1.Cc1noc(C)c1C.Cc1noc(C)n1. The maximum Gasteiger partial charge on any atom is 0.223 e. The minimum Gasteiger partial charge on any atom is -0.449 e. The highest BCUT2D eigenvalue weighted by molar-refractivity contribution is 5.17. The summed E-state index contributed by atoms with van der Waals surface area (Å²) in [4.78, 5) is 35.7. The minimum atomic E-state index is 0.623. The van der Waals surface area contributed by atoms with Gasteiger partial charge in [0.25, 0.3) is 0 Å². The summed E-state index contributed by atoms with van der Waals surface area (Å²) in [5.41, 5.74) is 11.4. The van der Waals surface area contributed by atoms with Crippen LogP contribution < -0.4 is 0 Å². The number of pyridine rings is 1. The second-order valence-corrected chi connectivity index (χ2v) is 16.7. The number of nitrogens with zero attached hydrogens (tertiary/aromatic N) is 14. The fourth-order valence-electron chi connectivity index (χ4n) is 4.85. The second kappa shape index (κ2) is 34.9. The molecule has 0 radical (unpaired) electrons. The molecule has 10 rings (SSSR count). The molecule has 0 aliphatic heterocycles. The Hall–Kier alpha value is -8.29. The van der Waals surface area contributed by atoms with E-state index in [0.717, 1.165) is 97.3 Å². The molecular formula is C54H76N14O6. The number of oxazole rings is 2. The number of hydrogen-bond donors (Lipinski definition) is 0. The van der Waals surface area contributed by atoms with Gasteiger partial charge < -0.3 is 31.5 Å². The van der Waals surface area contributed by atoms with Crippen LogP contribution in [0.5, 0.6) is 0 Å². The van der Waals surface area contributed by atoms with Crippen LogP contribution in [0.1, 0.15) is 115 Å². The van der Waals surface area contributed by atoms with Gasteiger partial charge in [0, 0.05) is 88.4 Å². The highest BCUT2D eigenvalue weighted by atomic mass is 16.5. The molecule has 0 saturated heterocycles. The van der Waals surface area contributed by atoms with E-state index in [1.165, 1.54) is 5.56 Å². The predicted molar refractivity (Wildman–Crippen MR) is 283 cm³/mol. The molecule has 0 unspecified atom stereocenters. The molecule has 74 heavy (non-hydrogen) atoms. The Labute approximate surface area is 436 Å². The topological polar surface area (TPSA) is 251 Å². The van der Waals surface area contributed by atoms with Crippen LogP contribution in [0.2, 0.25) is 0 Å². The van der Waals surface area contributed by atoms with E-state index in [-0.39, 0.29) is 0 Å². The molecular weight excluding hydrogens is 941 g/mol. The van der Waals surface area contributed by atoms with Crippen LogP contribution in [-0.4, -0.2) is 70.0 Å². The Balaban J connectivity index is 0.000000411. The molecule has 10 heterocycles. The molecule has 0 fully saturated rings. The van der Waals surface area contributed by atoms with Gasteiger partial charge in [-0.25, -0.2) is 24.9 Å². The molecule has 0 aliphatic rings. The zero-order valence-corrected chi connectivity index (χ0v) is 47.2. The number of hydrogen-bond acceptors (Lipinski definition) is 19. The molecule has 0 aliphatic carbocycles. The minimum absolute atomic E-state index is 0.623. The summed E-state index contributed by atoms with van der Waals surface area (Å²) in [6, 6.07) is 7.84. The molecule has 0 N–H and O–H groups in total. The zero-order chi connectivity index (χ0) is 55.8. The summed E-state index contributed by atoms with van der Waals surface area (Å²) >= 11 is 0. The Kier molecular flexibility index (Phi) is 30.1. The predicted octanol–water partition coefficient (Wildman–Crippen LogP) is 12.1. The van der Waals surface area contributed by atoms with Gasteiger partial charge in [-0.2, -0.15) is 4.98 Å². The van der Waals surface area contributed by atoms with Crippen molar-refractivity contribution in [1.29, 1.82) is 0 Å². The molecule has 20 heteroatoms. The molecule has 0 spiro atoms. The van der Waals surface area contributed by atoms with Crippen molar-refractivity contribution in [2.75, 3.05) is 0 Å². The van der Waals surface area contributed by atoms with E-state index in [2.05, 4.69) is 76.1 Å². The monoisotopic (exact) mass is 1020 g/mol. The van der Waals surface area contributed by atoms with Crippen molar-refractivity contribution in [3.8, 4) is 0 Å². The third kappa shape index (κ3) is 31.8. The lowest BCUT2D eigenvalue weighted by molar-refractivity contribution is 0.389. The van der Waals surface area contributed by atoms with Gasteiger partial charge >= 0.3 is 0 Å². The van der Waals surface area contributed by atoms with Crippen LogP contribution in [0, 0.1) is 138 Å². The summed E-state index contributed by atoms with van der Waals surface area (Å²) in [6.07, 6.45) is 16.1. The number of rotatable bonds is 0. The normalized spacial score (nSPS) is 9.42. The fraction of sp³-hybridized carbons (Fsp3) is 0.389. The van der Waals surface area contributed by atoms with Crippen LogP contribution in [0.3, 0.4) is 0 Å². The van der Waals surface area contributed by atoms with Crippen molar-refractivity contribution in [1.82, 2.24) is 70.0 Å². The molecule has 10 aromatic rings. The highest BCUT2D eigenvalue weighted by Crippen LogP contribution is 2.08. The van der Waals surface area contributed by atoms with Gasteiger partial charge in [0.15, 0.2) is 17.6 Å². The average Bonchev–Trinajstić information content (AvgIpc) is 4.26. The third-order valence-corrected chi connectivity index (χ3v) is 8.69. The van der Waals surface area contributed by atoms with E-state index in [0.29, 0.717) is 11.7 Å². The zero-order valence-electron chi connectivity index (χ0n) is 47.2. The first kappa shape index (κ1) is 63.7. The summed E-state index contributed by atoms with van der Waals surface area (Å²) in [6.45, 7) is 38.1.